The van der Waals surface area contributed by atoms with E-state index in [4.69, 9.17) is 37.9 Å². The van der Waals surface area contributed by atoms with Crippen molar-refractivity contribution in [2.75, 3.05) is 55.9 Å². The minimum absolute atomic E-state index is 0.189. The van der Waals surface area contributed by atoms with Crippen molar-refractivity contribution >= 4 is 0 Å². The first-order valence-corrected chi connectivity index (χ1v) is 9.43. The Morgan fingerprint density at radius 3 is 1.07 bits per heavy atom. The Morgan fingerprint density at radius 1 is 0.533 bits per heavy atom. The summed E-state index contributed by atoms with van der Waals surface area (Å²) in [5, 5.41) is 38.9. The van der Waals surface area contributed by atoms with Gasteiger partial charge in [-0.1, -0.05) is 0 Å². The van der Waals surface area contributed by atoms with Crippen molar-refractivity contribution in [3.8, 4) is 0 Å². The minimum Gasteiger partial charge on any atom is -0.387 e. The molecule has 0 spiro atoms. The number of ether oxygens (including phenoxy) is 8. The predicted molar refractivity (Wildman–Crippen MR) is 101 cm³/mol. The number of hydrogen-bond acceptors (Lipinski definition) is 12. The maximum Gasteiger partial charge on any atom is 0.184 e. The van der Waals surface area contributed by atoms with E-state index in [9.17, 15) is 20.4 Å². The molecule has 2 rings (SSSR count). The van der Waals surface area contributed by atoms with Gasteiger partial charge >= 0.3 is 0 Å². The predicted octanol–water partition coefficient (Wildman–Crippen LogP) is -2.52. The van der Waals surface area contributed by atoms with Crippen molar-refractivity contribution in [3.63, 3.8) is 0 Å². The van der Waals surface area contributed by atoms with E-state index < -0.39 is 61.4 Å². The van der Waals surface area contributed by atoms with Crippen molar-refractivity contribution in [1.29, 1.82) is 0 Å². The first kappa shape index (κ1) is 27.6. The highest BCUT2D eigenvalue weighted by Gasteiger charge is 2.46. The Balaban J connectivity index is 0.000000300. The first-order chi connectivity index (χ1) is 14.3. The van der Waals surface area contributed by atoms with E-state index in [1.807, 2.05) is 0 Å². The van der Waals surface area contributed by atoms with E-state index in [1.165, 1.54) is 42.7 Å². The topological polar surface area (TPSA) is 155 Å². The van der Waals surface area contributed by atoms with E-state index in [1.54, 1.807) is 0 Å². The lowest BCUT2D eigenvalue weighted by Crippen LogP contribution is -2.59. The molecule has 12 heteroatoms. The summed E-state index contributed by atoms with van der Waals surface area (Å²) in [5.74, 6) is 0. The van der Waals surface area contributed by atoms with Gasteiger partial charge in [0.05, 0.1) is 13.2 Å². The van der Waals surface area contributed by atoms with E-state index in [-0.39, 0.29) is 13.2 Å². The molecular formula is C18H36O12. The van der Waals surface area contributed by atoms with Crippen LogP contribution in [0.4, 0.5) is 0 Å². The van der Waals surface area contributed by atoms with E-state index in [0.717, 1.165) is 0 Å². The van der Waals surface area contributed by atoms with Gasteiger partial charge < -0.3 is 58.3 Å². The molecule has 30 heavy (non-hydrogen) atoms. The van der Waals surface area contributed by atoms with Crippen LogP contribution in [0.2, 0.25) is 0 Å². The fraction of sp³-hybridized carbons (Fsp3) is 1.00. The number of aliphatic hydroxyl groups excluding tert-OH is 4. The van der Waals surface area contributed by atoms with Gasteiger partial charge in [0.25, 0.3) is 0 Å². The van der Waals surface area contributed by atoms with Crippen molar-refractivity contribution < 1.29 is 58.3 Å². The van der Waals surface area contributed by atoms with E-state index >= 15 is 0 Å². The molecule has 0 bridgehead atoms. The zero-order valence-corrected chi connectivity index (χ0v) is 18.2. The molecule has 2 saturated heterocycles. The van der Waals surface area contributed by atoms with Crippen LogP contribution in [0.3, 0.4) is 0 Å². The highest BCUT2D eigenvalue weighted by molar-refractivity contribution is 4.91. The van der Waals surface area contributed by atoms with Crippen LogP contribution in [-0.2, 0) is 37.9 Å². The summed E-state index contributed by atoms with van der Waals surface area (Å²) in [6.07, 6.45) is -7.88. The van der Waals surface area contributed by atoms with Crippen molar-refractivity contribution in [3.05, 3.63) is 0 Å². The zero-order valence-electron chi connectivity index (χ0n) is 18.2. The van der Waals surface area contributed by atoms with Gasteiger partial charge in [-0.25, -0.2) is 0 Å². The van der Waals surface area contributed by atoms with Crippen molar-refractivity contribution in [2.45, 2.75) is 61.4 Å². The zero-order chi connectivity index (χ0) is 22.8. The highest BCUT2D eigenvalue weighted by atomic mass is 16.7. The van der Waals surface area contributed by atoms with Crippen LogP contribution in [-0.4, -0.2) is 138 Å². The van der Waals surface area contributed by atoms with Gasteiger partial charge in [-0.2, -0.15) is 0 Å². The second kappa shape index (κ2) is 13.8. The smallest absolute Gasteiger partial charge is 0.184 e. The summed E-state index contributed by atoms with van der Waals surface area (Å²) < 4.78 is 40.2. The molecular weight excluding hydrogens is 408 g/mol. The van der Waals surface area contributed by atoms with Crippen LogP contribution >= 0.6 is 0 Å². The SMILES string of the molecule is COCC1O[C@@H](O)C(OC)[C@@H](OC)[C@@H]1O.COC[C@@H]1O[C@H](O)C(OC)C(OC)[C@@H]1O. The third-order valence-electron chi connectivity index (χ3n) is 5.02. The molecule has 180 valence electrons. The first-order valence-electron chi connectivity index (χ1n) is 9.43. The molecule has 0 aliphatic carbocycles. The molecule has 4 N–H and O–H groups in total. The van der Waals surface area contributed by atoms with Crippen molar-refractivity contribution in [1.82, 2.24) is 0 Å². The Morgan fingerprint density at radius 2 is 0.833 bits per heavy atom. The molecule has 2 aliphatic heterocycles. The summed E-state index contributed by atoms with van der Waals surface area (Å²) in [5.41, 5.74) is 0. The Hall–Kier alpha value is -0.480. The normalized spacial score (nSPS) is 41.8. The molecule has 0 aromatic heterocycles. The number of rotatable bonds is 8. The minimum atomic E-state index is -1.12. The molecule has 0 amide bonds. The van der Waals surface area contributed by atoms with E-state index in [2.05, 4.69) is 0 Å². The largest absolute Gasteiger partial charge is 0.387 e. The Kier molecular flexibility index (Phi) is 12.7. The van der Waals surface area contributed by atoms with Gasteiger partial charge in [0, 0.05) is 42.7 Å². The summed E-state index contributed by atoms with van der Waals surface area (Å²) in [4.78, 5) is 0. The maximum absolute atomic E-state index is 9.86. The second-order valence-corrected chi connectivity index (χ2v) is 6.82. The second-order valence-electron chi connectivity index (χ2n) is 6.82. The maximum atomic E-state index is 9.86. The number of hydrogen-bond donors (Lipinski definition) is 4. The molecule has 0 saturated carbocycles. The lowest BCUT2D eigenvalue weighted by Gasteiger charge is -2.41. The third kappa shape index (κ3) is 6.76. The Bertz CT molecular complexity index is 415. The van der Waals surface area contributed by atoms with Crippen LogP contribution in [0.5, 0.6) is 0 Å². The average Bonchev–Trinajstić information content (AvgIpc) is 2.73. The molecule has 2 aliphatic rings. The third-order valence-corrected chi connectivity index (χ3v) is 5.02. The average molecular weight is 444 g/mol. The van der Waals surface area contributed by atoms with Gasteiger partial charge in [-0.05, 0) is 0 Å². The van der Waals surface area contributed by atoms with Gasteiger partial charge in [0.2, 0.25) is 0 Å². The fourth-order valence-corrected chi connectivity index (χ4v) is 3.46. The van der Waals surface area contributed by atoms with Crippen molar-refractivity contribution in [2.24, 2.45) is 0 Å². The molecule has 0 radical (unpaired) electrons. The summed E-state index contributed by atoms with van der Waals surface area (Å²) in [6, 6.07) is 0. The molecule has 4 unspecified atom stereocenters. The van der Waals surface area contributed by atoms with Gasteiger partial charge in [0.15, 0.2) is 12.6 Å². The summed E-state index contributed by atoms with van der Waals surface area (Å²) in [6.45, 7) is 0.378. The molecule has 2 heterocycles. The summed E-state index contributed by atoms with van der Waals surface area (Å²) in [7, 11) is 8.72. The number of aliphatic hydroxyl groups is 4. The molecule has 2 fully saturated rings. The highest BCUT2D eigenvalue weighted by Crippen LogP contribution is 2.25. The quantitative estimate of drug-likeness (QED) is 0.312. The molecule has 10 atom stereocenters. The lowest BCUT2D eigenvalue weighted by molar-refractivity contribution is -0.296. The number of methoxy groups -OCH3 is 6. The molecule has 0 aromatic rings. The monoisotopic (exact) mass is 444 g/mol. The van der Waals surface area contributed by atoms with Gasteiger partial charge in [-0.3, -0.25) is 0 Å². The molecule has 0 aromatic carbocycles. The summed E-state index contributed by atoms with van der Waals surface area (Å²) >= 11 is 0. The van der Waals surface area contributed by atoms with Crippen LogP contribution in [0.15, 0.2) is 0 Å². The van der Waals surface area contributed by atoms with Gasteiger partial charge in [0.1, 0.15) is 48.8 Å². The fourth-order valence-electron chi connectivity index (χ4n) is 3.46. The van der Waals surface area contributed by atoms with Crippen LogP contribution in [0.1, 0.15) is 0 Å². The van der Waals surface area contributed by atoms with E-state index in [0.29, 0.717) is 0 Å². The standard InChI is InChI=1S/2C9H18O6/c2*1-12-4-5-6(10)7(13-2)8(14-3)9(11)15-5/h2*5-11H,4H2,1-3H3/t5?,6-,7+,8?,9-;5-,6+,7?,8?,9-/m10/s1. The van der Waals surface area contributed by atoms with Crippen LogP contribution in [0.25, 0.3) is 0 Å². The Labute approximate surface area is 176 Å². The lowest BCUT2D eigenvalue weighted by atomic mass is 9.99. The van der Waals surface area contributed by atoms with Gasteiger partial charge in [-0.15, -0.1) is 0 Å². The van der Waals surface area contributed by atoms with Crippen LogP contribution < -0.4 is 0 Å². The van der Waals surface area contributed by atoms with Crippen LogP contribution in [0, 0.1) is 0 Å². The molecule has 12 nitrogen and oxygen atoms in total.